The van der Waals surface area contributed by atoms with Crippen molar-refractivity contribution < 1.29 is 0 Å². The molecular weight excluding hydrogens is 556 g/mol. The van der Waals surface area contributed by atoms with Gasteiger partial charge in [-0.2, -0.15) is 0 Å². The quantitative estimate of drug-likeness (QED) is 0.191. The highest BCUT2D eigenvalue weighted by Crippen LogP contribution is 2.50. The highest BCUT2D eigenvalue weighted by molar-refractivity contribution is 5.86. The Bertz CT molecular complexity index is 2130. The lowest BCUT2D eigenvalue weighted by molar-refractivity contribution is 0.660. The lowest BCUT2D eigenvalue weighted by atomic mass is 9.82. The Morgan fingerprint density at radius 3 is 1.54 bits per heavy atom. The van der Waals surface area contributed by atoms with Gasteiger partial charge >= 0.3 is 0 Å². The number of pyridine rings is 1. The van der Waals surface area contributed by atoms with Crippen LogP contribution in [0.1, 0.15) is 25.0 Å². The van der Waals surface area contributed by atoms with Crippen molar-refractivity contribution in [1.82, 2.24) is 4.98 Å². The van der Waals surface area contributed by atoms with Gasteiger partial charge in [0, 0.05) is 34.2 Å². The number of aromatic nitrogens is 1. The first-order valence-corrected chi connectivity index (χ1v) is 15.9. The Balaban J connectivity index is 1.18. The summed E-state index contributed by atoms with van der Waals surface area (Å²) < 4.78 is 0. The van der Waals surface area contributed by atoms with Crippen LogP contribution in [0, 0.1) is 0 Å². The van der Waals surface area contributed by atoms with Crippen molar-refractivity contribution in [2.75, 3.05) is 4.90 Å². The van der Waals surface area contributed by atoms with E-state index >= 15 is 0 Å². The molecule has 0 unspecified atom stereocenters. The first-order chi connectivity index (χ1) is 22.6. The van der Waals surface area contributed by atoms with E-state index in [9.17, 15) is 0 Å². The summed E-state index contributed by atoms with van der Waals surface area (Å²) in [6.07, 6.45) is 1.84. The first-order valence-electron chi connectivity index (χ1n) is 15.9. The van der Waals surface area contributed by atoms with Gasteiger partial charge in [0.15, 0.2) is 0 Å². The maximum Gasteiger partial charge on any atom is 0.0701 e. The molecule has 8 rings (SSSR count). The van der Waals surface area contributed by atoms with Crippen LogP contribution in [-0.2, 0) is 5.41 Å². The minimum absolute atomic E-state index is 0.0772. The second-order valence-corrected chi connectivity index (χ2v) is 12.5. The Labute approximate surface area is 271 Å². The number of benzene rings is 6. The van der Waals surface area contributed by atoms with Crippen LogP contribution >= 0.6 is 0 Å². The van der Waals surface area contributed by atoms with Crippen LogP contribution in [0.15, 0.2) is 170 Å². The van der Waals surface area contributed by atoms with Crippen LogP contribution in [-0.4, -0.2) is 4.98 Å². The topological polar surface area (TPSA) is 16.1 Å². The zero-order chi connectivity index (χ0) is 31.1. The number of fused-ring (bicyclic) bond motifs is 3. The minimum atomic E-state index is -0.0772. The molecule has 1 aliphatic rings. The number of rotatable bonds is 6. The summed E-state index contributed by atoms with van der Waals surface area (Å²) in [6, 6.07) is 58.9. The van der Waals surface area contributed by atoms with E-state index in [1.54, 1.807) is 0 Å². The van der Waals surface area contributed by atoms with Crippen molar-refractivity contribution in [2.24, 2.45) is 0 Å². The molecule has 0 aliphatic heterocycles. The predicted molar refractivity (Wildman–Crippen MR) is 193 cm³/mol. The summed E-state index contributed by atoms with van der Waals surface area (Å²) in [6.45, 7) is 4.68. The van der Waals surface area contributed by atoms with Crippen molar-refractivity contribution >= 4 is 17.1 Å². The van der Waals surface area contributed by atoms with Gasteiger partial charge in [0.25, 0.3) is 0 Å². The van der Waals surface area contributed by atoms with Crippen molar-refractivity contribution in [2.45, 2.75) is 19.3 Å². The van der Waals surface area contributed by atoms with Gasteiger partial charge in [-0.15, -0.1) is 0 Å². The van der Waals surface area contributed by atoms with E-state index in [-0.39, 0.29) is 5.41 Å². The molecule has 7 aromatic rings. The molecule has 0 N–H and O–H groups in total. The molecule has 6 aromatic carbocycles. The molecule has 1 heterocycles. The molecule has 2 nitrogen and oxygen atoms in total. The molecule has 2 heteroatoms. The maximum absolute atomic E-state index is 4.56. The SMILES string of the molecule is CC1(C)c2ccccc2-c2ccc(N(c3ccc(-c4ccc(-c5ccccc5)cc4)cc3)c3ccc(-c4ccccn4)cc3)cc21. The van der Waals surface area contributed by atoms with Gasteiger partial charge in [0.05, 0.1) is 5.69 Å². The Morgan fingerprint density at radius 1 is 0.413 bits per heavy atom. The van der Waals surface area contributed by atoms with E-state index in [2.05, 4.69) is 175 Å². The van der Waals surface area contributed by atoms with E-state index in [1.807, 2.05) is 18.3 Å². The largest absolute Gasteiger partial charge is 0.310 e. The summed E-state index contributed by atoms with van der Waals surface area (Å²) in [5, 5.41) is 0. The smallest absolute Gasteiger partial charge is 0.0701 e. The molecule has 0 saturated heterocycles. The molecule has 0 atom stereocenters. The molecule has 0 amide bonds. The van der Waals surface area contributed by atoms with E-state index in [4.69, 9.17) is 0 Å². The van der Waals surface area contributed by atoms with Crippen LogP contribution in [0.2, 0.25) is 0 Å². The Morgan fingerprint density at radius 2 is 0.913 bits per heavy atom. The summed E-state index contributed by atoms with van der Waals surface area (Å²) in [5.41, 5.74) is 15.6. The van der Waals surface area contributed by atoms with Crippen molar-refractivity contribution in [3.8, 4) is 44.6 Å². The normalized spacial score (nSPS) is 12.7. The highest BCUT2D eigenvalue weighted by atomic mass is 15.1. The Kier molecular flexibility index (Phi) is 6.84. The van der Waals surface area contributed by atoms with Crippen molar-refractivity contribution in [3.63, 3.8) is 0 Å². The van der Waals surface area contributed by atoms with E-state index in [1.165, 1.54) is 44.5 Å². The predicted octanol–water partition coefficient (Wildman–Crippen LogP) is 11.9. The van der Waals surface area contributed by atoms with Crippen LogP contribution in [0.4, 0.5) is 17.1 Å². The molecule has 0 spiro atoms. The van der Waals surface area contributed by atoms with Crippen LogP contribution in [0.25, 0.3) is 44.6 Å². The monoisotopic (exact) mass is 590 g/mol. The van der Waals surface area contributed by atoms with E-state index in [0.29, 0.717) is 0 Å². The third-order valence-corrected chi connectivity index (χ3v) is 9.36. The molecule has 0 saturated carbocycles. The summed E-state index contributed by atoms with van der Waals surface area (Å²) in [5.74, 6) is 0. The fraction of sp³-hybridized carbons (Fsp3) is 0.0682. The number of hydrogen-bond acceptors (Lipinski definition) is 2. The fourth-order valence-corrected chi connectivity index (χ4v) is 6.88. The van der Waals surface area contributed by atoms with Gasteiger partial charge in [0.2, 0.25) is 0 Å². The van der Waals surface area contributed by atoms with Crippen molar-refractivity contribution in [3.05, 3.63) is 181 Å². The second kappa shape index (κ2) is 11.3. The third-order valence-electron chi connectivity index (χ3n) is 9.36. The highest BCUT2D eigenvalue weighted by Gasteiger charge is 2.35. The average Bonchev–Trinajstić information content (AvgIpc) is 3.35. The first kappa shape index (κ1) is 27.8. The molecular formula is C44H34N2. The van der Waals surface area contributed by atoms with Gasteiger partial charge < -0.3 is 4.90 Å². The van der Waals surface area contributed by atoms with Crippen molar-refractivity contribution in [1.29, 1.82) is 0 Å². The standard InChI is InChI=1S/C44H34N2/c1-44(2)41-13-7-6-12-39(41)40-28-27-38(30-42(40)44)46(37-25-21-35(22-26-37)43-14-8-9-29-45-43)36-23-19-34(20-24-36)33-17-15-32(16-18-33)31-10-4-3-5-11-31/h3-30H,1-2H3. The van der Waals surface area contributed by atoms with Gasteiger partial charge in [-0.1, -0.05) is 129 Å². The molecule has 1 aromatic heterocycles. The summed E-state index contributed by atoms with van der Waals surface area (Å²) in [7, 11) is 0. The van der Waals surface area contributed by atoms with Crippen LogP contribution in [0.3, 0.4) is 0 Å². The lowest BCUT2D eigenvalue weighted by Crippen LogP contribution is -2.16. The number of nitrogens with zero attached hydrogens (tertiary/aromatic N) is 2. The second-order valence-electron chi connectivity index (χ2n) is 12.5. The summed E-state index contributed by atoms with van der Waals surface area (Å²) in [4.78, 5) is 6.93. The Hall–Kier alpha value is -5.73. The number of hydrogen-bond donors (Lipinski definition) is 0. The maximum atomic E-state index is 4.56. The lowest BCUT2D eigenvalue weighted by Gasteiger charge is -2.28. The van der Waals surface area contributed by atoms with Gasteiger partial charge in [0.1, 0.15) is 0 Å². The van der Waals surface area contributed by atoms with Crippen LogP contribution < -0.4 is 4.90 Å². The molecule has 1 aliphatic carbocycles. The molecule has 0 radical (unpaired) electrons. The van der Waals surface area contributed by atoms with Crippen LogP contribution in [0.5, 0.6) is 0 Å². The van der Waals surface area contributed by atoms with E-state index < -0.39 is 0 Å². The van der Waals surface area contributed by atoms with Gasteiger partial charge in [-0.05, 0) is 93.0 Å². The fourth-order valence-electron chi connectivity index (χ4n) is 6.88. The third kappa shape index (κ3) is 4.89. The van der Waals surface area contributed by atoms with E-state index in [0.717, 1.165) is 28.3 Å². The molecule has 0 bridgehead atoms. The average molecular weight is 591 g/mol. The summed E-state index contributed by atoms with van der Waals surface area (Å²) >= 11 is 0. The minimum Gasteiger partial charge on any atom is -0.310 e. The molecule has 46 heavy (non-hydrogen) atoms. The van der Waals surface area contributed by atoms with Gasteiger partial charge in [-0.25, -0.2) is 0 Å². The van der Waals surface area contributed by atoms with Gasteiger partial charge in [-0.3, -0.25) is 4.98 Å². The molecule has 0 fully saturated rings. The zero-order valence-electron chi connectivity index (χ0n) is 26.1. The zero-order valence-corrected chi connectivity index (χ0v) is 26.1. The molecule has 220 valence electrons. The number of anilines is 3.